The van der Waals surface area contributed by atoms with Gasteiger partial charge in [0.1, 0.15) is 18.2 Å². The maximum atomic E-state index is 13.2. The first-order valence-corrected chi connectivity index (χ1v) is 6.75. The molecule has 0 fully saturated rings. The fourth-order valence-electron chi connectivity index (χ4n) is 1.76. The van der Waals surface area contributed by atoms with Crippen LogP contribution < -0.4 is 4.74 Å². The molecule has 0 amide bonds. The van der Waals surface area contributed by atoms with Crippen molar-refractivity contribution in [3.63, 3.8) is 0 Å². The summed E-state index contributed by atoms with van der Waals surface area (Å²) in [6.45, 7) is -0.237. The predicted molar refractivity (Wildman–Crippen MR) is 77.5 cm³/mol. The number of halogens is 2. The number of benzene rings is 2. The number of aliphatic hydroxyl groups is 1. The maximum absolute atomic E-state index is 13.2. The van der Waals surface area contributed by atoms with Gasteiger partial charge in [0.15, 0.2) is 0 Å². The van der Waals surface area contributed by atoms with Crippen LogP contribution in [0.1, 0.15) is 11.1 Å². The van der Waals surface area contributed by atoms with E-state index in [0.717, 1.165) is 18.2 Å². The Balaban J connectivity index is 2.20. The van der Waals surface area contributed by atoms with Gasteiger partial charge in [-0.3, -0.25) is 10.1 Å². The molecule has 0 unspecified atom stereocenters. The zero-order valence-corrected chi connectivity index (χ0v) is 12.3. The molecule has 0 aliphatic carbocycles. The number of hydrogen-bond donors (Lipinski definition) is 1. The fraction of sp³-hybridized carbons (Fsp3) is 0.143. The Hall–Kier alpha value is -1.99. The van der Waals surface area contributed by atoms with Crippen molar-refractivity contribution in [2.24, 2.45) is 0 Å². The maximum Gasteiger partial charge on any atom is 0.276 e. The second-order valence-corrected chi connectivity index (χ2v) is 5.10. The summed E-state index contributed by atoms with van der Waals surface area (Å²) in [5.41, 5.74) is 0.656. The first kappa shape index (κ1) is 15.4. The van der Waals surface area contributed by atoms with Gasteiger partial charge in [-0.05, 0) is 45.8 Å². The van der Waals surface area contributed by atoms with Crippen molar-refractivity contribution in [2.75, 3.05) is 0 Å². The average molecular weight is 356 g/mol. The average Bonchev–Trinajstić information content (AvgIpc) is 2.45. The minimum absolute atomic E-state index is 0.103. The molecule has 0 aliphatic rings. The number of hydrogen-bond acceptors (Lipinski definition) is 4. The van der Waals surface area contributed by atoms with Gasteiger partial charge in [0.2, 0.25) is 0 Å². The smallest absolute Gasteiger partial charge is 0.276 e. The van der Waals surface area contributed by atoms with Crippen molar-refractivity contribution in [1.29, 1.82) is 0 Å². The lowest BCUT2D eigenvalue weighted by Crippen LogP contribution is -2.02. The van der Waals surface area contributed by atoms with Crippen LogP contribution in [-0.2, 0) is 13.2 Å². The van der Waals surface area contributed by atoms with E-state index in [1.807, 2.05) is 0 Å². The fourth-order valence-corrected chi connectivity index (χ4v) is 2.30. The van der Waals surface area contributed by atoms with Crippen molar-refractivity contribution < 1.29 is 19.2 Å². The Morgan fingerprint density at radius 1 is 1.29 bits per heavy atom. The standard InChI is InChI=1S/C14H11BrFNO4/c15-12-5-9(7-18)1-4-14(12)21-8-10-6-11(16)2-3-13(10)17(19)20/h1-6,18H,7-8H2. The van der Waals surface area contributed by atoms with Crippen LogP contribution in [0.3, 0.4) is 0 Å². The first-order valence-electron chi connectivity index (χ1n) is 5.96. The second kappa shape index (κ2) is 6.64. The Morgan fingerprint density at radius 2 is 2.05 bits per heavy atom. The monoisotopic (exact) mass is 355 g/mol. The van der Waals surface area contributed by atoms with Gasteiger partial charge in [0.05, 0.1) is 21.6 Å². The van der Waals surface area contributed by atoms with Gasteiger partial charge in [-0.15, -0.1) is 0 Å². The molecular formula is C14H11BrFNO4. The molecule has 0 aliphatic heterocycles. The number of nitro benzene ring substituents is 1. The third-order valence-corrected chi connectivity index (χ3v) is 3.42. The minimum Gasteiger partial charge on any atom is -0.487 e. The Labute approximate surface area is 128 Å². The molecule has 0 saturated heterocycles. The largest absolute Gasteiger partial charge is 0.487 e. The Kier molecular flexibility index (Phi) is 4.87. The molecule has 0 radical (unpaired) electrons. The molecule has 0 saturated carbocycles. The van der Waals surface area contributed by atoms with E-state index < -0.39 is 10.7 Å². The lowest BCUT2D eigenvalue weighted by atomic mass is 10.2. The molecule has 21 heavy (non-hydrogen) atoms. The molecule has 0 atom stereocenters. The first-order chi connectivity index (χ1) is 10.0. The summed E-state index contributed by atoms with van der Waals surface area (Å²) in [6, 6.07) is 8.19. The summed E-state index contributed by atoms with van der Waals surface area (Å²) in [4.78, 5) is 10.3. The second-order valence-electron chi connectivity index (χ2n) is 4.24. The highest BCUT2D eigenvalue weighted by atomic mass is 79.9. The van der Waals surface area contributed by atoms with Crippen LogP contribution >= 0.6 is 15.9 Å². The number of nitrogens with zero attached hydrogens (tertiary/aromatic N) is 1. The zero-order chi connectivity index (χ0) is 15.4. The van der Waals surface area contributed by atoms with Gasteiger partial charge in [-0.1, -0.05) is 6.07 Å². The van der Waals surface area contributed by atoms with Gasteiger partial charge in [0, 0.05) is 6.07 Å². The predicted octanol–water partition coefficient (Wildman–Crippen LogP) is 3.57. The molecule has 110 valence electrons. The normalized spacial score (nSPS) is 10.4. The van der Waals surface area contributed by atoms with Gasteiger partial charge < -0.3 is 9.84 Å². The molecule has 2 aromatic carbocycles. The van der Waals surface area contributed by atoms with E-state index in [-0.39, 0.29) is 24.5 Å². The van der Waals surface area contributed by atoms with Crippen molar-refractivity contribution in [3.05, 3.63) is 67.9 Å². The van der Waals surface area contributed by atoms with E-state index in [1.54, 1.807) is 18.2 Å². The van der Waals surface area contributed by atoms with Crippen LogP contribution in [0.15, 0.2) is 40.9 Å². The summed E-state index contributed by atoms with van der Waals surface area (Å²) >= 11 is 3.28. The Bertz CT molecular complexity index is 678. The highest BCUT2D eigenvalue weighted by molar-refractivity contribution is 9.10. The molecule has 0 aromatic heterocycles. The molecule has 5 nitrogen and oxygen atoms in total. The quantitative estimate of drug-likeness (QED) is 0.657. The highest BCUT2D eigenvalue weighted by Crippen LogP contribution is 2.28. The van der Waals surface area contributed by atoms with E-state index >= 15 is 0 Å². The van der Waals surface area contributed by atoms with Crippen LogP contribution in [0.25, 0.3) is 0 Å². The van der Waals surface area contributed by atoms with E-state index in [9.17, 15) is 14.5 Å². The van der Waals surface area contributed by atoms with Crippen LogP contribution in [0, 0.1) is 15.9 Å². The topological polar surface area (TPSA) is 72.6 Å². The van der Waals surface area contributed by atoms with Crippen LogP contribution in [0.2, 0.25) is 0 Å². The third kappa shape index (κ3) is 3.77. The van der Waals surface area contributed by atoms with Crippen LogP contribution in [0.5, 0.6) is 5.75 Å². The minimum atomic E-state index is -0.581. The highest BCUT2D eigenvalue weighted by Gasteiger charge is 2.15. The number of ether oxygens (including phenoxy) is 1. The molecule has 0 heterocycles. The lowest BCUT2D eigenvalue weighted by molar-refractivity contribution is -0.385. The molecule has 2 rings (SSSR count). The van der Waals surface area contributed by atoms with Crippen LogP contribution in [-0.4, -0.2) is 10.0 Å². The molecule has 0 spiro atoms. The van der Waals surface area contributed by atoms with E-state index in [1.165, 1.54) is 0 Å². The van der Waals surface area contributed by atoms with Gasteiger partial charge in [-0.2, -0.15) is 0 Å². The van der Waals surface area contributed by atoms with Crippen molar-refractivity contribution in [3.8, 4) is 5.75 Å². The lowest BCUT2D eigenvalue weighted by Gasteiger charge is -2.09. The summed E-state index contributed by atoms with van der Waals surface area (Å²) in [6.07, 6.45) is 0. The van der Waals surface area contributed by atoms with Gasteiger partial charge in [0.25, 0.3) is 5.69 Å². The molecule has 1 N–H and O–H groups in total. The summed E-state index contributed by atoms with van der Waals surface area (Å²) in [5, 5.41) is 19.9. The van der Waals surface area contributed by atoms with Crippen molar-refractivity contribution in [2.45, 2.75) is 13.2 Å². The van der Waals surface area contributed by atoms with Crippen molar-refractivity contribution >= 4 is 21.6 Å². The van der Waals surface area contributed by atoms with Crippen LogP contribution in [0.4, 0.5) is 10.1 Å². The number of aliphatic hydroxyl groups excluding tert-OH is 1. The zero-order valence-electron chi connectivity index (χ0n) is 10.8. The van der Waals surface area contributed by atoms with Crippen molar-refractivity contribution in [1.82, 2.24) is 0 Å². The van der Waals surface area contributed by atoms with E-state index in [2.05, 4.69) is 15.9 Å². The van der Waals surface area contributed by atoms with E-state index in [4.69, 9.17) is 9.84 Å². The SMILES string of the molecule is O=[N+]([O-])c1ccc(F)cc1COc1ccc(CO)cc1Br. The summed E-state index contributed by atoms with van der Waals surface area (Å²) in [7, 11) is 0. The summed E-state index contributed by atoms with van der Waals surface area (Å²) in [5.74, 6) is -0.111. The number of rotatable bonds is 5. The summed E-state index contributed by atoms with van der Waals surface area (Å²) < 4.78 is 19.3. The molecule has 0 bridgehead atoms. The molecule has 2 aromatic rings. The molecule has 7 heteroatoms. The van der Waals surface area contributed by atoms with E-state index in [0.29, 0.717) is 15.8 Å². The third-order valence-electron chi connectivity index (χ3n) is 2.80. The number of nitro groups is 1. The van der Waals surface area contributed by atoms with Gasteiger partial charge >= 0.3 is 0 Å². The van der Waals surface area contributed by atoms with Gasteiger partial charge in [-0.25, -0.2) is 4.39 Å². The molecular weight excluding hydrogens is 345 g/mol. The Morgan fingerprint density at radius 3 is 2.67 bits per heavy atom.